The molecule has 0 radical (unpaired) electrons. The number of nitrogens with one attached hydrogen (secondary N) is 2. The molecule has 0 unspecified atom stereocenters. The summed E-state index contributed by atoms with van der Waals surface area (Å²) in [5.41, 5.74) is 3.14. The maximum absolute atomic E-state index is 12.9. The third-order valence-corrected chi connectivity index (χ3v) is 6.35. The molecule has 1 amide bonds. The number of rotatable bonds is 8. The van der Waals surface area contributed by atoms with Gasteiger partial charge in [-0.3, -0.25) is 10.1 Å². The molecule has 0 spiro atoms. The Morgan fingerprint density at radius 2 is 1.74 bits per heavy atom. The Morgan fingerprint density at radius 1 is 1.00 bits per heavy atom. The molecule has 0 aromatic heterocycles. The Balaban J connectivity index is 1.60. The van der Waals surface area contributed by atoms with E-state index in [0.29, 0.717) is 19.4 Å². The molecule has 1 aliphatic heterocycles. The molecule has 2 N–H and O–H groups in total. The second-order valence-electron chi connectivity index (χ2n) is 8.73. The van der Waals surface area contributed by atoms with Crippen molar-refractivity contribution >= 4 is 5.91 Å². The van der Waals surface area contributed by atoms with Crippen LogP contribution in [0.4, 0.5) is 13.2 Å². The second-order valence-corrected chi connectivity index (χ2v) is 8.73. The molecule has 35 heavy (non-hydrogen) atoms. The maximum atomic E-state index is 12.9. The molecular weight excluding hydrogens is 453 g/mol. The number of carbonyl (C=O) groups excluding carboxylic acids is 1. The van der Waals surface area contributed by atoms with Crippen LogP contribution in [-0.4, -0.2) is 19.6 Å². The molecule has 0 aliphatic carbocycles. The number of alkyl halides is 3. The van der Waals surface area contributed by atoms with Crippen LogP contribution in [0, 0.1) is 0 Å². The summed E-state index contributed by atoms with van der Waals surface area (Å²) in [4.78, 5) is 12.8. The van der Waals surface area contributed by atoms with E-state index >= 15 is 0 Å². The number of aryl methyl sites for hydroxylation is 2. The summed E-state index contributed by atoms with van der Waals surface area (Å²) >= 11 is 0. The molecule has 7 heteroatoms. The van der Waals surface area contributed by atoms with Crippen LogP contribution in [-0.2, 0) is 23.8 Å². The number of hydrogen-bond donors (Lipinski definition) is 2. The van der Waals surface area contributed by atoms with Crippen molar-refractivity contribution in [1.82, 2.24) is 10.6 Å². The van der Waals surface area contributed by atoms with Crippen molar-refractivity contribution in [2.24, 2.45) is 0 Å². The highest BCUT2D eigenvalue weighted by Crippen LogP contribution is 2.32. The Morgan fingerprint density at radius 3 is 2.43 bits per heavy atom. The monoisotopic (exact) mass is 482 g/mol. The van der Waals surface area contributed by atoms with E-state index in [1.54, 1.807) is 7.05 Å². The zero-order valence-corrected chi connectivity index (χ0v) is 19.6. The Bertz CT molecular complexity index is 1130. The van der Waals surface area contributed by atoms with Crippen molar-refractivity contribution in [2.75, 3.05) is 13.7 Å². The number of benzene rings is 3. The normalized spacial score (nSPS) is 15.0. The van der Waals surface area contributed by atoms with Crippen LogP contribution >= 0.6 is 0 Å². The fourth-order valence-electron chi connectivity index (χ4n) is 4.43. The van der Waals surface area contributed by atoms with Crippen molar-refractivity contribution in [3.63, 3.8) is 0 Å². The summed E-state index contributed by atoms with van der Waals surface area (Å²) in [6.07, 6.45) is -1.33. The predicted octanol–water partition coefficient (Wildman–Crippen LogP) is 5.78. The smallest absolute Gasteiger partial charge is 0.416 e. The first kappa shape index (κ1) is 24.8. The molecule has 0 saturated carbocycles. The molecule has 1 heterocycles. The third-order valence-electron chi connectivity index (χ3n) is 6.35. The largest absolute Gasteiger partial charge is 0.493 e. The Kier molecular flexibility index (Phi) is 7.76. The van der Waals surface area contributed by atoms with Crippen LogP contribution in [0.15, 0.2) is 72.8 Å². The molecule has 0 saturated heterocycles. The number of likely N-dealkylation sites (N-methyl/N-ethyl adjacent to an activating group) is 1. The van der Waals surface area contributed by atoms with Gasteiger partial charge in [0.1, 0.15) is 11.8 Å². The number of halogens is 3. The van der Waals surface area contributed by atoms with Crippen molar-refractivity contribution < 1.29 is 22.7 Å². The maximum Gasteiger partial charge on any atom is 0.416 e. The first-order valence-corrected chi connectivity index (χ1v) is 11.8. The molecule has 3 aromatic carbocycles. The van der Waals surface area contributed by atoms with Crippen LogP contribution in [0.3, 0.4) is 0 Å². The fourth-order valence-corrected chi connectivity index (χ4v) is 4.43. The summed E-state index contributed by atoms with van der Waals surface area (Å²) in [5.74, 6) is 0.726. The van der Waals surface area contributed by atoms with Gasteiger partial charge in [0.15, 0.2) is 0 Å². The Labute approximate surface area is 203 Å². The summed E-state index contributed by atoms with van der Waals surface area (Å²) in [6, 6.07) is 20.1. The second kappa shape index (κ2) is 11.0. The van der Waals surface area contributed by atoms with Gasteiger partial charge in [0.25, 0.3) is 0 Å². The summed E-state index contributed by atoms with van der Waals surface area (Å²) in [7, 11) is 1.60. The average Bonchev–Trinajstić information content (AvgIpc) is 2.88. The average molecular weight is 483 g/mol. The molecule has 1 aliphatic rings. The zero-order chi connectivity index (χ0) is 24.8. The molecule has 4 rings (SSSR count). The van der Waals surface area contributed by atoms with Crippen LogP contribution in [0.5, 0.6) is 5.75 Å². The van der Waals surface area contributed by atoms with Gasteiger partial charge < -0.3 is 10.1 Å². The minimum Gasteiger partial charge on any atom is -0.493 e. The van der Waals surface area contributed by atoms with Gasteiger partial charge in [-0.25, -0.2) is 0 Å². The summed E-state index contributed by atoms with van der Waals surface area (Å²) in [5, 5.41) is 6.25. The first-order chi connectivity index (χ1) is 16.8. The number of fused-ring (bicyclic) bond motifs is 1. The molecule has 0 fully saturated rings. The quantitative estimate of drug-likeness (QED) is 0.428. The van der Waals surface area contributed by atoms with Gasteiger partial charge in [-0.1, -0.05) is 54.6 Å². The molecule has 3 aromatic rings. The van der Waals surface area contributed by atoms with E-state index < -0.39 is 17.8 Å². The van der Waals surface area contributed by atoms with Crippen molar-refractivity contribution in [2.45, 2.75) is 43.9 Å². The standard InChI is InChI=1S/C28H29F3N2O2/c1-32-27(34)26(20-6-3-2-4-7-20)33-24(21-12-16-25-22(18-21)8-5-17-35-25)15-11-19-9-13-23(14-10-19)28(29,30)31/h2-4,6-7,9-10,12-14,16,18,24,26,33H,5,8,11,15,17H2,1H3,(H,32,34)/t24-,26-/m1/s1. The highest BCUT2D eigenvalue weighted by Gasteiger charge is 2.30. The number of amides is 1. The van der Waals surface area contributed by atoms with Gasteiger partial charge in [-0.2, -0.15) is 13.2 Å². The summed E-state index contributed by atoms with van der Waals surface area (Å²) < 4.78 is 44.6. The molecular formula is C28H29F3N2O2. The molecule has 4 nitrogen and oxygen atoms in total. The van der Waals surface area contributed by atoms with Gasteiger partial charge in [-0.15, -0.1) is 0 Å². The number of carbonyl (C=O) groups is 1. The first-order valence-electron chi connectivity index (χ1n) is 11.8. The lowest BCUT2D eigenvalue weighted by molar-refractivity contribution is -0.137. The van der Waals surface area contributed by atoms with E-state index in [1.807, 2.05) is 42.5 Å². The van der Waals surface area contributed by atoms with Crippen molar-refractivity contribution in [3.8, 4) is 5.75 Å². The topological polar surface area (TPSA) is 50.4 Å². The van der Waals surface area contributed by atoms with E-state index in [2.05, 4.69) is 16.7 Å². The van der Waals surface area contributed by atoms with Gasteiger partial charge in [0, 0.05) is 13.1 Å². The number of ether oxygens (including phenoxy) is 1. The minimum atomic E-state index is -4.36. The molecule has 2 atom stereocenters. The van der Waals surface area contributed by atoms with Crippen LogP contribution in [0.25, 0.3) is 0 Å². The van der Waals surface area contributed by atoms with Gasteiger partial charge >= 0.3 is 6.18 Å². The van der Waals surface area contributed by atoms with Crippen molar-refractivity contribution in [3.05, 3.63) is 101 Å². The molecule has 184 valence electrons. The van der Waals surface area contributed by atoms with E-state index in [9.17, 15) is 18.0 Å². The minimum absolute atomic E-state index is 0.156. The van der Waals surface area contributed by atoms with Gasteiger partial charge in [-0.05, 0) is 66.1 Å². The van der Waals surface area contributed by atoms with E-state index in [0.717, 1.165) is 53.0 Å². The third kappa shape index (κ3) is 6.22. The van der Waals surface area contributed by atoms with E-state index in [-0.39, 0.29) is 11.9 Å². The lowest BCUT2D eigenvalue weighted by atomic mass is 9.93. The SMILES string of the molecule is CNC(=O)[C@H](N[C@H](CCc1ccc(C(F)(F)F)cc1)c1ccc2c(c1)CCCO2)c1ccccc1. The van der Waals surface area contributed by atoms with Crippen molar-refractivity contribution in [1.29, 1.82) is 0 Å². The summed E-state index contributed by atoms with van der Waals surface area (Å²) in [6.45, 7) is 0.703. The highest BCUT2D eigenvalue weighted by molar-refractivity contribution is 5.83. The van der Waals surface area contributed by atoms with Gasteiger partial charge in [0.2, 0.25) is 5.91 Å². The van der Waals surface area contributed by atoms with Crippen LogP contribution in [0.2, 0.25) is 0 Å². The van der Waals surface area contributed by atoms with Gasteiger partial charge in [0.05, 0.1) is 12.2 Å². The fraction of sp³-hybridized carbons (Fsp3) is 0.321. The lowest BCUT2D eigenvalue weighted by Gasteiger charge is -2.27. The highest BCUT2D eigenvalue weighted by atomic mass is 19.4. The molecule has 0 bridgehead atoms. The lowest BCUT2D eigenvalue weighted by Crippen LogP contribution is -2.38. The van der Waals surface area contributed by atoms with Crippen LogP contribution < -0.4 is 15.4 Å². The van der Waals surface area contributed by atoms with E-state index in [1.165, 1.54) is 12.1 Å². The number of hydrogen-bond acceptors (Lipinski definition) is 3. The Hall–Kier alpha value is -3.32. The zero-order valence-electron chi connectivity index (χ0n) is 19.6. The van der Waals surface area contributed by atoms with Crippen LogP contribution in [0.1, 0.15) is 52.7 Å². The van der Waals surface area contributed by atoms with E-state index in [4.69, 9.17) is 4.74 Å². The predicted molar refractivity (Wildman–Crippen MR) is 129 cm³/mol.